The zero-order chi connectivity index (χ0) is 48.6. The number of rotatable bonds is 49. The third-order valence-electron chi connectivity index (χ3n) is 11.6. The second-order valence-electron chi connectivity index (χ2n) is 18.1. The van der Waals surface area contributed by atoms with Crippen molar-refractivity contribution in [3.63, 3.8) is 0 Å². The van der Waals surface area contributed by atoms with E-state index in [0.717, 1.165) is 103 Å². The van der Waals surface area contributed by atoms with Crippen molar-refractivity contribution < 1.29 is 28.6 Å². The molecule has 1 atom stereocenters. The SMILES string of the molecule is CC/C=C\C/C=C\C/C=C\C/C=C\C/C=C\C/C=C\CCC(=O)OC[C@H](COC(=O)CCCCCCCCCCCCCCCCC)OC(=O)CCCCCCC/C=C\C/C=C\CCCCC. The van der Waals surface area contributed by atoms with Gasteiger partial charge in [-0.3, -0.25) is 14.4 Å². The molecule has 0 aliphatic heterocycles. The molecule has 6 heteroatoms. The van der Waals surface area contributed by atoms with Crippen molar-refractivity contribution in [2.45, 2.75) is 258 Å². The number of ether oxygens (including phenoxy) is 3. The molecule has 0 heterocycles. The highest BCUT2D eigenvalue weighted by atomic mass is 16.6. The lowest BCUT2D eigenvalue weighted by Crippen LogP contribution is -2.30. The van der Waals surface area contributed by atoms with Gasteiger partial charge in [-0.15, -0.1) is 0 Å². The first-order chi connectivity index (χ1) is 33.0. The van der Waals surface area contributed by atoms with E-state index in [2.05, 4.69) is 112 Å². The fourth-order valence-corrected chi connectivity index (χ4v) is 7.44. The number of carbonyl (C=O) groups excluding carboxylic acids is 3. The van der Waals surface area contributed by atoms with Crippen molar-refractivity contribution in [3.05, 3.63) is 97.2 Å². The van der Waals surface area contributed by atoms with Gasteiger partial charge in [-0.2, -0.15) is 0 Å². The van der Waals surface area contributed by atoms with E-state index in [-0.39, 0.29) is 37.5 Å². The normalized spacial score (nSPS) is 12.8. The van der Waals surface area contributed by atoms with E-state index in [0.29, 0.717) is 19.3 Å². The molecular weight excluding hydrogens is 829 g/mol. The van der Waals surface area contributed by atoms with E-state index in [9.17, 15) is 14.4 Å². The van der Waals surface area contributed by atoms with Crippen molar-refractivity contribution in [2.24, 2.45) is 0 Å². The van der Waals surface area contributed by atoms with Gasteiger partial charge < -0.3 is 14.2 Å². The summed E-state index contributed by atoms with van der Waals surface area (Å²) in [6.07, 6.45) is 72.6. The number of carbonyl (C=O) groups is 3. The molecule has 0 saturated heterocycles. The van der Waals surface area contributed by atoms with Crippen molar-refractivity contribution in [2.75, 3.05) is 13.2 Å². The highest BCUT2D eigenvalue weighted by molar-refractivity contribution is 5.71. The molecular formula is C61H102O6. The molecule has 0 aliphatic rings. The average molecular weight is 931 g/mol. The van der Waals surface area contributed by atoms with Gasteiger partial charge >= 0.3 is 17.9 Å². The van der Waals surface area contributed by atoms with Gasteiger partial charge in [0.25, 0.3) is 0 Å². The van der Waals surface area contributed by atoms with Crippen LogP contribution in [-0.4, -0.2) is 37.2 Å². The van der Waals surface area contributed by atoms with Gasteiger partial charge in [-0.25, -0.2) is 0 Å². The molecule has 0 unspecified atom stereocenters. The molecule has 0 amide bonds. The second kappa shape index (κ2) is 54.9. The predicted molar refractivity (Wildman–Crippen MR) is 288 cm³/mol. The molecule has 0 N–H and O–H groups in total. The predicted octanol–water partition coefficient (Wildman–Crippen LogP) is 18.5. The van der Waals surface area contributed by atoms with E-state index in [1.54, 1.807) is 0 Å². The van der Waals surface area contributed by atoms with Gasteiger partial charge in [0.2, 0.25) is 0 Å². The standard InChI is InChI=1S/C61H102O6/c1-4-7-10-13-16-19-22-25-28-29-30-31-34-36-39-42-45-48-51-54-60(63)66-57-58(67-61(64)55-52-49-46-43-40-37-33-27-24-21-18-15-12-9-6-3)56-65-59(62)53-50-47-44-41-38-35-32-26-23-20-17-14-11-8-5-2/h7,10,16,18-19,21,25,27-28,30-31,33,36,39,45,48,58H,4-6,8-9,11-15,17,20,22-24,26,29,32,34-35,37-38,40-44,46-47,49-57H2,1-3H3/b10-7-,19-16-,21-18-,28-25-,31-30-,33-27-,39-36-,48-45-/t58-/m0/s1. The summed E-state index contributed by atoms with van der Waals surface area (Å²) in [5, 5.41) is 0. The lowest BCUT2D eigenvalue weighted by molar-refractivity contribution is -0.166. The molecule has 0 radical (unpaired) electrons. The Labute approximate surface area is 413 Å². The summed E-state index contributed by atoms with van der Waals surface area (Å²) in [5.41, 5.74) is 0. The topological polar surface area (TPSA) is 78.9 Å². The molecule has 0 spiro atoms. The van der Waals surface area contributed by atoms with Crippen LogP contribution in [0.25, 0.3) is 0 Å². The maximum Gasteiger partial charge on any atom is 0.306 e. The molecule has 67 heavy (non-hydrogen) atoms. The summed E-state index contributed by atoms with van der Waals surface area (Å²) < 4.78 is 16.8. The summed E-state index contributed by atoms with van der Waals surface area (Å²) in [6.45, 7) is 6.43. The molecule has 0 rings (SSSR count). The van der Waals surface area contributed by atoms with Crippen LogP contribution in [0.4, 0.5) is 0 Å². The van der Waals surface area contributed by atoms with Crippen molar-refractivity contribution in [3.8, 4) is 0 Å². The number of hydrogen-bond donors (Lipinski definition) is 0. The van der Waals surface area contributed by atoms with Gasteiger partial charge in [0, 0.05) is 19.3 Å². The highest BCUT2D eigenvalue weighted by Gasteiger charge is 2.19. The summed E-state index contributed by atoms with van der Waals surface area (Å²) in [4.78, 5) is 38.1. The first kappa shape index (κ1) is 63.3. The summed E-state index contributed by atoms with van der Waals surface area (Å²) in [6, 6.07) is 0. The van der Waals surface area contributed by atoms with Gasteiger partial charge in [0.15, 0.2) is 6.10 Å². The molecule has 0 saturated carbocycles. The Hall–Kier alpha value is -3.67. The first-order valence-corrected chi connectivity index (χ1v) is 27.7. The van der Waals surface area contributed by atoms with Gasteiger partial charge in [0.1, 0.15) is 13.2 Å². The van der Waals surface area contributed by atoms with E-state index in [1.165, 1.54) is 103 Å². The van der Waals surface area contributed by atoms with Crippen LogP contribution in [0.3, 0.4) is 0 Å². The van der Waals surface area contributed by atoms with Gasteiger partial charge in [0.05, 0.1) is 0 Å². The minimum atomic E-state index is -0.815. The number of esters is 3. The van der Waals surface area contributed by atoms with Crippen LogP contribution in [0.5, 0.6) is 0 Å². The van der Waals surface area contributed by atoms with Crippen LogP contribution in [0, 0.1) is 0 Å². The molecule has 0 bridgehead atoms. The minimum Gasteiger partial charge on any atom is -0.462 e. The van der Waals surface area contributed by atoms with Crippen LogP contribution in [0.2, 0.25) is 0 Å². The van der Waals surface area contributed by atoms with Crippen molar-refractivity contribution >= 4 is 17.9 Å². The molecule has 0 aromatic rings. The smallest absolute Gasteiger partial charge is 0.306 e. The average Bonchev–Trinajstić information content (AvgIpc) is 3.33. The Balaban J connectivity index is 4.51. The van der Waals surface area contributed by atoms with Crippen LogP contribution in [0.15, 0.2) is 97.2 Å². The quantitative estimate of drug-likeness (QED) is 0.0262. The minimum absolute atomic E-state index is 0.105. The lowest BCUT2D eigenvalue weighted by Gasteiger charge is -2.18. The van der Waals surface area contributed by atoms with Gasteiger partial charge in [-0.1, -0.05) is 240 Å². The Bertz CT molecular complexity index is 1350. The Morgan fingerprint density at radius 3 is 1.03 bits per heavy atom. The lowest BCUT2D eigenvalue weighted by atomic mass is 10.0. The fraction of sp³-hybridized carbons (Fsp3) is 0.689. The van der Waals surface area contributed by atoms with Gasteiger partial charge in [-0.05, 0) is 89.9 Å². The van der Waals surface area contributed by atoms with Crippen molar-refractivity contribution in [1.29, 1.82) is 0 Å². The van der Waals surface area contributed by atoms with E-state index < -0.39 is 6.10 Å². The largest absolute Gasteiger partial charge is 0.462 e. The highest BCUT2D eigenvalue weighted by Crippen LogP contribution is 2.15. The summed E-state index contributed by atoms with van der Waals surface area (Å²) >= 11 is 0. The van der Waals surface area contributed by atoms with Crippen molar-refractivity contribution in [1.82, 2.24) is 0 Å². The Morgan fingerprint density at radius 1 is 0.313 bits per heavy atom. The van der Waals surface area contributed by atoms with Crippen LogP contribution in [-0.2, 0) is 28.6 Å². The monoisotopic (exact) mass is 931 g/mol. The molecule has 0 fully saturated rings. The number of unbranched alkanes of at least 4 members (excludes halogenated alkanes) is 22. The van der Waals surface area contributed by atoms with E-state index in [1.807, 2.05) is 6.08 Å². The third-order valence-corrected chi connectivity index (χ3v) is 11.6. The number of hydrogen-bond acceptors (Lipinski definition) is 6. The van der Waals surface area contributed by atoms with Crippen LogP contribution >= 0.6 is 0 Å². The maximum absolute atomic E-state index is 12.8. The Kier molecular flexibility index (Phi) is 51.9. The summed E-state index contributed by atoms with van der Waals surface area (Å²) in [7, 11) is 0. The zero-order valence-corrected chi connectivity index (χ0v) is 43.6. The summed E-state index contributed by atoms with van der Waals surface area (Å²) in [5.74, 6) is -1.00. The molecule has 0 aliphatic carbocycles. The van der Waals surface area contributed by atoms with E-state index >= 15 is 0 Å². The zero-order valence-electron chi connectivity index (χ0n) is 43.6. The van der Waals surface area contributed by atoms with E-state index in [4.69, 9.17) is 14.2 Å². The second-order valence-corrected chi connectivity index (χ2v) is 18.1. The Morgan fingerprint density at radius 2 is 0.612 bits per heavy atom. The third kappa shape index (κ3) is 53.2. The number of allylic oxidation sites excluding steroid dienone is 16. The molecule has 0 aromatic heterocycles. The van der Waals surface area contributed by atoms with Crippen LogP contribution in [0.1, 0.15) is 252 Å². The molecule has 0 aromatic carbocycles. The molecule has 382 valence electrons. The fourth-order valence-electron chi connectivity index (χ4n) is 7.44. The van der Waals surface area contributed by atoms with Crippen LogP contribution < -0.4 is 0 Å². The maximum atomic E-state index is 12.8. The first-order valence-electron chi connectivity index (χ1n) is 27.7. The molecule has 6 nitrogen and oxygen atoms in total.